The molecule has 24 heavy (non-hydrogen) atoms. The van der Waals surface area contributed by atoms with Gasteiger partial charge in [0.1, 0.15) is 6.04 Å². The molecule has 1 atom stereocenters. The zero-order valence-electron chi connectivity index (χ0n) is 13.7. The molecule has 7 nitrogen and oxygen atoms in total. The summed E-state index contributed by atoms with van der Waals surface area (Å²) in [5, 5.41) is 11.8. The second-order valence-electron chi connectivity index (χ2n) is 5.95. The van der Waals surface area contributed by atoms with E-state index in [1.807, 2.05) is 13.8 Å². The average Bonchev–Trinajstić information content (AvgIpc) is 2.54. The molecule has 0 radical (unpaired) electrons. The highest BCUT2D eigenvalue weighted by atomic mass is 16.4. The van der Waals surface area contributed by atoms with E-state index in [1.165, 1.54) is 10.9 Å². The van der Waals surface area contributed by atoms with Crippen molar-refractivity contribution in [3.63, 3.8) is 0 Å². The number of benzene rings is 1. The van der Waals surface area contributed by atoms with Gasteiger partial charge in [0.25, 0.3) is 5.56 Å². The molecule has 2 N–H and O–H groups in total. The molecule has 7 heteroatoms. The Balaban J connectivity index is 2.24. The van der Waals surface area contributed by atoms with Gasteiger partial charge in [-0.05, 0) is 24.5 Å². The molecule has 0 spiro atoms. The van der Waals surface area contributed by atoms with E-state index in [9.17, 15) is 14.4 Å². The van der Waals surface area contributed by atoms with E-state index in [4.69, 9.17) is 5.11 Å². The molecule has 0 fully saturated rings. The van der Waals surface area contributed by atoms with E-state index in [-0.39, 0.29) is 30.3 Å². The molecule has 1 heterocycles. The Hall–Kier alpha value is -2.70. The van der Waals surface area contributed by atoms with Gasteiger partial charge >= 0.3 is 5.97 Å². The van der Waals surface area contributed by atoms with Gasteiger partial charge in [0.05, 0.1) is 17.2 Å². The predicted molar refractivity (Wildman–Crippen MR) is 89.8 cm³/mol. The van der Waals surface area contributed by atoms with Crippen molar-refractivity contribution in [2.45, 2.75) is 32.7 Å². The number of aliphatic carboxylic acids is 1. The molecule has 0 aliphatic carbocycles. The number of nitrogens with one attached hydrogen (secondary N) is 1. The third-order valence-electron chi connectivity index (χ3n) is 3.76. The van der Waals surface area contributed by atoms with Gasteiger partial charge in [0, 0.05) is 13.0 Å². The maximum Gasteiger partial charge on any atom is 0.303 e. The summed E-state index contributed by atoms with van der Waals surface area (Å²) in [6.45, 7) is 3.95. The highest BCUT2D eigenvalue weighted by Gasteiger charge is 2.25. The molecule has 1 aromatic carbocycles. The summed E-state index contributed by atoms with van der Waals surface area (Å²) in [6.07, 6.45) is 1.73. The Bertz CT molecular complexity index is 798. The number of hydrogen-bond donors (Lipinski definition) is 2. The van der Waals surface area contributed by atoms with Crippen LogP contribution in [-0.2, 0) is 9.59 Å². The largest absolute Gasteiger partial charge is 0.481 e. The highest BCUT2D eigenvalue weighted by Crippen LogP contribution is 2.17. The fourth-order valence-electron chi connectivity index (χ4n) is 2.59. The summed E-state index contributed by atoms with van der Waals surface area (Å²) < 4.78 is 1.35. The van der Waals surface area contributed by atoms with Crippen LogP contribution in [0.4, 0.5) is 0 Å². The zero-order valence-corrected chi connectivity index (χ0v) is 13.7. The topological polar surface area (TPSA) is 101 Å². The Kier molecular flexibility index (Phi) is 5.68. The molecule has 0 saturated carbocycles. The van der Waals surface area contributed by atoms with Crippen LogP contribution < -0.4 is 10.9 Å². The molecule has 2 rings (SSSR count). The zero-order chi connectivity index (χ0) is 17.7. The van der Waals surface area contributed by atoms with Crippen molar-refractivity contribution >= 4 is 22.8 Å². The number of hydrogen-bond acceptors (Lipinski definition) is 4. The van der Waals surface area contributed by atoms with Gasteiger partial charge in [-0.25, -0.2) is 4.98 Å². The maximum atomic E-state index is 12.7. The lowest BCUT2D eigenvalue weighted by Gasteiger charge is -2.22. The molecular formula is C17H21N3O4. The van der Waals surface area contributed by atoms with E-state index in [0.717, 1.165) is 0 Å². The van der Waals surface area contributed by atoms with Crippen LogP contribution in [0.25, 0.3) is 10.9 Å². The lowest BCUT2D eigenvalue weighted by Crippen LogP contribution is -2.40. The number of carbonyl (C=O) groups is 2. The smallest absolute Gasteiger partial charge is 0.303 e. The lowest BCUT2D eigenvalue weighted by molar-refractivity contribution is -0.137. The van der Waals surface area contributed by atoms with Crippen LogP contribution in [0.1, 0.15) is 32.7 Å². The number of fused-ring (bicyclic) bond motifs is 1. The first kappa shape index (κ1) is 17.7. The molecule has 0 aliphatic rings. The number of aromatic nitrogens is 2. The predicted octanol–water partition coefficient (Wildman–Crippen LogP) is 1.57. The molecular weight excluding hydrogens is 310 g/mol. The summed E-state index contributed by atoms with van der Waals surface area (Å²) >= 11 is 0. The quantitative estimate of drug-likeness (QED) is 0.750. The summed E-state index contributed by atoms with van der Waals surface area (Å²) in [5.74, 6) is -1.33. The minimum absolute atomic E-state index is 0.00982. The van der Waals surface area contributed by atoms with Gasteiger partial charge in [0.15, 0.2) is 0 Å². The van der Waals surface area contributed by atoms with Crippen LogP contribution in [0.3, 0.4) is 0 Å². The van der Waals surface area contributed by atoms with Gasteiger partial charge in [-0.15, -0.1) is 0 Å². The van der Waals surface area contributed by atoms with Crippen molar-refractivity contribution in [3.8, 4) is 0 Å². The Morgan fingerprint density at radius 2 is 2.00 bits per heavy atom. The Labute approximate surface area is 139 Å². The number of amides is 1. The molecule has 1 amide bonds. The van der Waals surface area contributed by atoms with Gasteiger partial charge in [-0.3, -0.25) is 19.0 Å². The van der Waals surface area contributed by atoms with Crippen LogP contribution in [0, 0.1) is 5.92 Å². The van der Waals surface area contributed by atoms with Gasteiger partial charge in [0.2, 0.25) is 5.91 Å². The Morgan fingerprint density at radius 3 is 2.67 bits per heavy atom. The number of nitrogens with zero attached hydrogens (tertiary/aromatic N) is 2. The van der Waals surface area contributed by atoms with Crippen LogP contribution in [0.5, 0.6) is 0 Å². The highest BCUT2D eigenvalue weighted by molar-refractivity contribution is 5.82. The Morgan fingerprint density at radius 1 is 1.29 bits per heavy atom. The number of carboxylic acids is 1. The molecule has 0 aliphatic heterocycles. The van der Waals surface area contributed by atoms with Crippen molar-refractivity contribution in [2.24, 2.45) is 5.92 Å². The standard InChI is InChI=1S/C17H21N3O4/c1-11(2)15(16(23)18-9-5-8-14(21)22)20-10-19-13-7-4-3-6-12(13)17(20)24/h3-4,6-7,10-11,15H,5,8-9H2,1-2H3,(H,18,23)(H,21,22)/t15-/m0/s1. The summed E-state index contributed by atoms with van der Waals surface area (Å²) in [5.41, 5.74) is 0.322. The van der Waals surface area contributed by atoms with Crippen molar-refractivity contribution in [3.05, 3.63) is 40.9 Å². The number of rotatable bonds is 7. The van der Waals surface area contributed by atoms with Crippen LogP contribution >= 0.6 is 0 Å². The molecule has 2 aromatic rings. The first-order valence-electron chi connectivity index (χ1n) is 7.87. The van der Waals surface area contributed by atoms with Gasteiger partial charge in [-0.2, -0.15) is 0 Å². The summed E-state index contributed by atoms with van der Waals surface area (Å²) in [4.78, 5) is 39.9. The lowest BCUT2D eigenvalue weighted by atomic mass is 10.0. The van der Waals surface area contributed by atoms with Crippen LogP contribution in [0.15, 0.2) is 35.4 Å². The molecule has 1 aromatic heterocycles. The molecule has 0 bridgehead atoms. The first-order chi connectivity index (χ1) is 11.4. The number of para-hydroxylation sites is 1. The third kappa shape index (κ3) is 3.98. The maximum absolute atomic E-state index is 12.7. The van der Waals surface area contributed by atoms with Gasteiger partial charge in [-0.1, -0.05) is 26.0 Å². The van der Waals surface area contributed by atoms with E-state index in [2.05, 4.69) is 10.3 Å². The van der Waals surface area contributed by atoms with Crippen molar-refractivity contribution in [1.82, 2.24) is 14.9 Å². The molecule has 0 unspecified atom stereocenters. The molecule has 0 saturated heterocycles. The van der Waals surface area contributed by atoms with Gasteiger partial charge < -0.3 is 10.4 Å². The minimum atomic E-state index is -0.903. The first-order valence-corrected chi connectivity index (χ1v) is 7.87. The SMILES string of the molecule is CC(C)[C@@H](C(=O)NCCCC(=O)O)n1cnc2ccccc2c1=O. The second kappa shape index (κ2) is 7.72. The summed E-state index contributed by atoms with van der Waals surface area (Å²) in [7, 11) is 0. The van der Waals surface area contributed by atoms with Crippen molar-refractivity contribution in [2.75, 3.05) is 6.54 Å². The third-order valence-corrected chi connectivity index (χ3v) is 3.76. The van der Waals surface area contributed by atoms with E-state index < -0.39 is 12.0 Å². The fraction of sp³-hybridized carbons (Fsp3) is 0.412. The van der Waals surface area contributed by atoms with E-state index >= 15 is 0 Å². The normalized spacial score (nSPS) is 12.3. The summed E-state index contributed by atoms with van der Waals surface area (Å²) in [6, 6.07) is 6.29. The van der Waals surface area contributed by atoms with E-state index in [1.54, 1.807) is 24.3 Å². The average molecular weight is 331 g/mol. The van der Waals surface area contributed by atoms with Crippen molar-refractivity contribution in [1.29, 1.82) is 0 Å². The fourth-order valence-corrected chi connectivity index (χ4v) is 2.59. The molecule has 128 valence electrons. The monoisotopic (exact) mass is 331 g/mol. The minimum Gasteiger partial charge on any atom is -0.481 e. The van der Waals surface area contributed by atoms with E-state index in [0.29, 0.717) is 17.3 Å². The number of carboxylic acid groups (broad SMARTS) is 1. The van der Waals surface area contributed by atoms with Crippen LogP contribution in [0.2, 0.25) is 0 Å². The van der Waals surface area contributed by atoms with Crippen LogP contribution in [-0.4, -0.2) is 33.1 Å². The van der Waals surface area contributed by atoms with Crippen molar-refractivity contribution < 1.29 is 14.7 Å². The second-order valence-corrected chi connectivity index (χ2v) is 5.95. The number of carbonyl (C=O) groups excluding carboxylic acids is 1.